The second-order valence-corrected chi connectivity index (χ2v) is 8.41. The molecule has 0 bridgehead atoms. The Labute approximate surface area is 166 Å². The molecular weight excluding hydrogens is 392 g/mol. The Hall–Kier alpha value is -2.32. The van der Waals surface area contributed by atoms with E-state index in [0.717, 1.165) is 4.88 Å². The number of para-hydroxylation sites is 1. The van der Waals surface area contributed by atoms with Gasteiger partial charge >= 0.3 is 12.1 Å². The number of carbonyl (C=O) groups excluding carboxylic acids is 1. The topological polar surface area (TPSA) is 97.8 Å². The fraction of sp³-hybridized carbons (Fsp3) is 0.389. The first kappa shape index (κ1) is 21.0. The number of aromatic nitrogens is 1. The van der Waals surface area contributed by atoms with Gasteiger partial charge in [0.15, 0.2) is 4.47 Å². The molecule has 146 valence electrons. The van der Waals surface area contributed by atoms with Gasteiger partial charge in [-0.15, -0.1) is 11.3 Å². The molecule has 0 saturated carbocycles. The predicted molar refractivity (Wildman–Crippen MR) is 102 cm³/mol. The van der Waals surface area contributed by atoms with E-state index in [1.807, 2.05) is 0 Å². The fourth-order valence-corrected chi connectivity index (χ4v) is 3.07. The van der Waals surface area contributed by atoms with Crippen molar-refractivity contribution in [2.24, 2.45) is 0 Å². The normalized spacial score (nSPS) is 12.3. The van der Waals surface area contributed by atoms with Crippen LogP contribution >= 0.6 is 22.9 Å². The van der Waals surface area contributed by atoms with Gasteiger partial charge in [-0.3, -0.25) is 0 Å². The molecule has 0 aliphatic heterocycles. The minimum atomic E-state index is -1.16. The average Bonchev–Trinajstić information content (AvgIpc) is 2.97. The number of alkyl carbamates (subject to hydrolysis) is 1. The molecule has 2 rings (SSSR count). The number of hydrogen-bond donors (Lipinski definition) is 2. The molecule has 0 aliphatic rings. The van der Waals surface area contributed by atoms with Crippen molar-refractivity contribution in [3.63, 3.8) is 0 Å². The van der Waals surface area contributed by atoms with E-state index < -0.39 is 23.7 Å². The number of carbonyl (C=O) groups is 2. The number of thiazole rings is 1. The van der Waals surface area contributed by atoms with Crippen LogP contribution in [0.2, 0.25) is 4.47 Å². The van der Waals surface area contributed by atoms with E-state index in [0.29, 0.717) is 15.8 Å². The van der Waals surface area contributed by atoms with Crippen molar-refractivity contribution in [2.75, 3.05) is 0 Å². The summed E-state index contributed by atoms with van der Waals surface area (Å²) >= 11 is 7.11. The Bertz CT molecular complexity index is 803. The van der Waals surface area contributed by atoms with Crippen LogP contribution in [0.1, 0.15) is 31.2 Å². The maximum absolute atomic E-state index is 11.9. The van der Waals surface area contributed by atoms with Crippen molar-refractivity contribution in [2.45, 2.75) is 45.4 Å². The number of nitrogens with zero attached hydrogens (tertiary/aromatic N) is 1. The maximum Gasteiger partial charge on any atom is 0.408 e. The number of amides is 1. The van der Waals surface area contributed by atoms with Crippen LogP contribution in [-0.4, -0.2) is 33.8 Å². The van der Waals surface area contributed by atoms with Crippen LogP contribution in [0.25, 0.3) is 0 Å². The second kappa shape index (κ2) is 9.05. The zero-order valence-electron chi connectivity index (χ0n) is 15.2. The molecule has 0 saturated heterocycles. The third kappa shape index (κ3) is 7.07. The Morgan fingerprint density at radius 1 is 1.33 bits per heavy atom. The SMILES string of the molecule is CC(C)(C)OC(=O)NC(Cc1ccccc1OCc1cnc(Cl)s1)C(=O)O. The van der Waals surface area contributed by atoms with Crippen molar-refractivity contribution in [3.8, 4) is 5.75 Å². The van der Waals surface area contributed by atoms with Crippen LogP contribution in [0.5, 0.6) is 5.75 Å². The number of hydrogen-bond acceptors (Lipinski definition) is 6. The number of ether oxygens (including phenoxy) is 2. The quantitative estimate of drug-likeness (QED) is 0.715. The third-order valence-electron chi connectivity index (χ3n) is 3.28. The molecule has 0 aliphatic carbocycles. The monoisotopic (exact) mass is 412 g/mol. The number of nitrogens with one attached hydrogen (secondary N) is 1. The largest absolute Gasteiger partial charge is 0.488 e. The van der Waals surface area contributed by atoms with Gasteiger partial charge in [0.1, 0.15) is 24.0 Å². The van der Waals surface area contributed by atoms with Gasteiger partial charge in [0.05, 0.1) is 4.88 Å². The smallest absolute Gasteiger partial charge is 0.408 e. The summed E-state index contributed by atoms with van der Waals surface area (Å²) in [5.41, 5.74) is -0.0685. The number of carboxylic acids is 1. The number of carboxylic acid groups (broad SMARTS) is 1. The highest BCUT2D eigenvalue weighted by atomic mass is 35.5. The van der Waals surface area contributed by atoms with Crippen LogP contribution in [0.4, 0.5) is 4.79 Å². The highest BCUT2D eigenvalue weighted by Gasteiger charge is 2.25. The molecule has 1 amide bonds. The summed E-state index contributed by atoms with van der Waals surface area (Å²) in [6.45, 7) is 5.38. The van der Waals surface area contributed by atoms with Crippen molar-refractivity contribution in [1.29, 1.82) is 0 Å². The first-order chi connectivity index (χ1) is 12.6. The van der Waals surface area contributed by atoms with E-state index in [1.54, 1.807) is 51.2 Å². The summed E-state index contributed by atoms with van der Waals surface area (Å²) in [6.07, 6.45) is 0.890. The third-order valence-corrected chi connectivity index (χ3v) is 4.37. The summed E-state index contributed by atoms with van der Waals surface area (Å²) < 4.78 is 11.3. The lowest BCUT2D eigenvalue weighted by molar-refractivity contribution is -0.139. The van der Waals surface area contributed by atoms with Gasteiger partial charge in [-0.05, 0) is 32.4 Å². The zero-order chi connectivity index (χ0) is 20.0. The van der Waals surface area contributed by atoms with Gasteiger partial charge in [-0.25, -0.2) is 14.6 Å². The van der Waals surface area contributed by atoms with Gasteiger partial charge in [-0.2, -0.15) is 0 Å². The molecule has 1 atom stereocenters. The Balaban J connectivity index is 2.06. The van der Waals surface area contributed by atoms with E-state index in [4.69, 9.17) is 21.1 Å². The van der Waals surface area contributed by atoms with E-state index >= 15 is 0 Å². The van der Waals surface area contributed by atoms with Crippen LogP contribution < -0.4 is 10.1 Å². The highest BCUT2D eigenvalue weighted by molar-refractivity contribution is 7.15. The lowest BCUT2D eigenvalue weighted by Gasteiger charge is -2.22. The van der Waals surface area contributed by atoms with Gasteiger partial charge in [0.25, 0.3) is 0 Å². The molecule has 1 unspecified atom stereocenters. The van der Waals surface area contributed by atoms with Crippen LogP contribution in [0.3, 0.4) is 0 Å². The summed E-state index contributed by atoms with van der Waals surface area (Å²) in [4.78, 5) is 28.3. The number of benzene rings is 1. The molecule has 2 N–H and O–H groups in total. The molecule has 9 heteroatoms. The van der Waals surface area contributed by atoms with E-state index in [2.05, 4.69) is 10.3 Å². The fourth-order valence-electron chi connectivity index (χ4n) is 2.18. The Kier molecular flexibility index (Phi) is 7.04. The van der Waals surface area contributed by atoms with Crippen molar-refractivity contribution in [3.05, 3.63) is 45.4 Å². The second-order valence-electron chi connectivity index (χ2n) is 6.72. The molecule has 0 fully saturated rings. The molecule has 27 heavy (non-hydrogen) atoms. The molecular formula is C18H21ClN2O5S. The van der Waals surface area contributed by atoms with Gasteiger partial charge < -0.3 is 19.9 Å². The standard InChI is InChI=1S/C18H21ClN2O5S/c1-18(2,3)26-17(24)21-13(15(22)23)8-11-6-4-5-7-14(11)25-10-12-9-20-16(19)27-12/h4-7,9,13H,8,10H2,1-3H3,(H,21,24)(H,22,23). The number of rotatable bonds is 7. The molecule has 1 heterocycles. The Morgan fingerprint density at radius 2 is 2.04 bits per heavy atom. The zero-order valence-corrected chi connectivity index (χ0v) is 16.8. The number of aliphatic carboxylic acids is 1. The first-order valence-electron chi connectivity index (χ1n) is 8.17. The van der Waals surface area contributed by atoms with Gasteiger partial charge in [0, 0.05) is 12.6 Å². The summed E-state index contributed by atoms with van der Waals surface area (Å²) in [5.74, 6) is -0.635. The van der Waals surface area contributed by atoms with Gasteiger partial charge in [0.2, 0.25) is 0 Å². The Morgan fingerprint density at radius 3 is 2.63 bits per heavy atom. The lowest BCUT2D eigenvalue weighted by atomic mass is 10.1. The minimum Gasteiger partial charge on any atom is -0.488 e. The van der Waals surface area contributed by atoms with E-state index in [9.17, 15) is 14.7 Å². The lowest BCUT2D eigenvalue weighted by Crippen LogP contribution is -2.44. The first-order valence-corrected chi connectivity index (χ1v) is 9.37. The maximum atomic E-state index is 11.9. The van der Waals surface area contributed by atoms with Crippen molar-refractivity contribution in [1.82, 2.24) is 10.3 Å². The van der Waals surface area contributed by atoms with Crippen LogP contribution in [-0.2, 0) is 22.6 Å². The summed E-state index contributed by atoms with van der Waals surface area (Å²) in [6, 6.07) is 5.90. The minimum absolute atomic E-state index is 0.0498. The van der Waals surface area contributed by atoms with Crippen molar-refractivity contribution >= 4 is 35.0 Å². The van der Waals surface area contributed by atoms with Crippen molar-refractivity contribution < 1.29 is 24.2 Å². The summed E-state index contributed by atoms with van der Waals surface area (Å²) in [7, 11) is 0. The molecule has 1 aromatic heterocycles. The molecule has 2 aromatic rings. The molecule has 0 spiro atoms. The molecule has 7 nitrogen and oxygen atoms in total. The van der Waals surface area contributed by atoms with E-state index in [1.165, 1.54) is 11.3 Å². The summed E-state index contributed by atoms with van der Waals surface area (Å²) in [5, 5.41) is 11.8. The average molecular weight is 413 g/mol. The van der Waals surface area contributed by atoms with E-state index in [-0.39, 0.29) is 13.0 Å². The predicted octanol–water partition coefficient (Wildman–Crippen LogP) is 3.90. The molecule has 0 radical (unpaired) electrons. The molecule has 1 aromatic carbocycles. The van der Waals surface area contributed by atoms with Gasteiger partial charge in [-0.1, -0.05) is 29.8 Å². The highest BCUT2D eigenvalue weighted by Crippen LogP contribution is 2.24. The number of halogens is 1. The van der Waals surface area contributed by atoms with Crippen LogP contribution in [0, 0.1) is 0 Å². The van der Waals surface area contributed by atoms with Crippen LogP contribution in [0.15, 0.2) is 30.5 Å².